The molecule has 0 saturated heterocycles. The molecule has 5 rings (SSSR count). The molecule has 0 fully saturated rings. The Balaban J connectivity index is 1.34. The summed E-state index contributed by atoms with van der Waals surface area (Å²) in [5.41, 5.74) is 7.21. The number of pyridine rings is 1. The predicted octanol–water partition coefficient (Wildman–Crippen LogP) is 4.80. The third-order valence-corrected chi connectivity index (χ3v) is 6.90. The number of allylic oxidation sites excluding steroid dienone is 1. The maximum Gasteiger partial charge on any atom is 0.232 e. The first kappa shape index (κ1) is 24.7. The van der Waals surface area contributed by atoms with Gasteiger partial charge in [0, 0.05) is 0 Å². The predicted molar refractivity (Wildman–Crippen MR) is 145 cm³/mol. The Morgan fingerprint density at radius 2 is 1.73 bits per heavy atom. The number of carbonyl (C=O) groups is 1. The van der Waals surface area contributed by atoms with Crippen LogP contribution in [0, 0.1) is 5.41 Å². The third-order valence-electron chi connectivity index (χ3n) is 6.90. The number of hydrogen-bond donors (Lipinski definition) is 2. The number of rotatable bonds is 8. The second-order valence-corrected chi connectivity index (χ2v) is 9.41. The van der Waals surface area contributed by atoms with Crippen LogP contribution in [-0.2, 0) is 19.3 Å². The van der Waals surface area contributed by atoms with Crippen molar-refractivity contribution in [3.8, 4) is 17.3 Å². The SMILES string of the molecule is COc1cncc(-c2cc3c(c(CCc4ccc(CCC5=CCCNCC5)cc4)n2)C(=O)C(=N)C=C3)n1. The number of aromatic nitrogens is 3. The van der Waals surface area contributed by atoms with Crippen LogP contribution in [0.2, 0.25) is 0 Å². The highest BCUT2D eigenvalue weighted by atomic mass is 16.5. The van der Waals surface area contributed by atoms with Crippen molar-refractivity contribution in [1.29, 1.82) is 5.41 Å². The van der Waals surface area contributed by atoms with Crippen LogP contribution < -0.4 is 10.1 Å². The summed E-state index contributed by atoms with van der Waals surface area (Å²) in [5, 5.41) is 11.5. The maximum atomic E-state index is 12.9. The van der Waals surface area contributed by atoms with Gasteiger partial charge in [0.1, 0.15) is 11.4 Å². The summed E-state index contributed by atoms with van der Waals surface area (Å²) < 4.78 is 5.22. The Labute approximate surface area is 217 Å². The summed E-state index contributed by atoms with van der Waals surface area (Å²) in [6, 6.07) is 10.6. The van der Waals surface area contributed by atoms with Gasteiger partial charge in [-0.2, -0.15) is 0 Å². The molecule has 0 atom stereocenters. The van der Waals surface area contributed by atoms with E-state index in [4.69, 9.17) is 15.1 Å². The van der Waals surface area contributed by atoms with Crippen LogP contribution in [0.3, 0.4) is 0 Å². The van der Waals surface area contributed by atoms with E-state index in [-0.39, 0.29) is 11.5 Å². The standard InChI is InChI=1S/C30H31N5O2/c1-37-28-19-33-18-27(35-28)26-17-23-11-12-24(31)30(36)29(23)25(34-26)13-10-22-8-6-21(7-9-22)5-4-20-3-2-15-32-16-14-20/h3,6-9,11-12,17-19,31-32H,2,4-5,10,13-16H2,1H3. The highest BCUT2D eigenvalue weighted by molar-refractivity contribution is 6.51. The lowest BCUT2D eigenvalue weighted by atomic mass is 9.90. The van der Waals surface area contributed by atoms with E-state index in [1.165, 1.54) is 17.2 Å². The molecule has 1 aliphatic carbocycles. The Bertz CT molecular complexity index is 1380. The van der Waals surface area contributed by atoms with E-state index < -0.39 is 0 Å². The molecular formula is C30H31N5O2. The van der Waals surface area contributed by atoms with Crippen molar-refractivity contribution in [3.05, 3.63) is 88.4 Å². The monoisotopic (exact) mass is 493 g/mol. The number of nitrogens with one attached hydrogen (secondary N) is 2. The van der Waals surface area contributed by atoms with E-state index in [0.29, 0.717) is 34.9 Å². The van der Waals surface area contributed by atoms with Crippen molar-refractivity contribution in [3.63, 3.8) is 0 Å². The fraction of sp³-hybridized carbons (Fsp3) is 0.300. The number of Topliss-reactive ketones (excluding diaryl/α,β-unsaturated/α-hetero) is 1. The molecule has 1 aliphatic heterocycles. The topological polar surface area (TPSA) is 101 Å². The Kier molecular flexibility index (Phi) is 7.61. The van der Waals surface area contributed by atoms with E-state index in [0.717, 1.165) is 50.8 Å². The number of ketones is 1. The van der Waals surface area contributed by atoms with Gasteiger partial charge in [0.25, 0.3) is 0 Å². The maximum absolute atomic E-state index is 12.9. The normalized spacial score (nSPS) is 15.2. The second kappa shape index (κ2) is 11.4. The minimum atomic E-state index is -0.290. The van der Waals surface area contributed by atoms with Gasteiger partial charge < -0.3 is 10.1 Å². The summed E-state index contributed by atoms with van der Waals surface area (Å²) in [5.74, 6) is 0.112. The van der Waals surface area contributed by atoms with Crippen LogP contribution >= 0.6 is 0 Å². The van der Waals surface area contributed by atoms with Crippen molar-refractivity contribution >= 4 is 17.6 Å². The molecule has 0 amide bonds. The Morgan fingerprint density at radius 1 is 0.946 bits per heavy atom. The van der Waals surface area contributed by atoms with Crippen molar-refractivity contribution in [1.82, 2.24) is 20.3 Å². The van der Waals surface area contributed by atoms with Crippen LogP contribution in [0.1, 0.15) is 52.0 Å². The summed E-state index contributed by atoms with van der Waals surface area (Å²) in [6.45, 7) is 2.15. The highest BCUT2D eigenvalue weighted by Gasteiger charge is 2.24. The first-order valence-corrected chi connectivity index (χ1v) is 12.8. The second-order valence-electron chi connectivity index (χ2n) is 9.41. The molecule has 7 nitrogen and oxygen atoms in total. The summed E-state index contributed by atoms with van der Waals surface area (Å²) in [7, 11) is 1.55. The van der Waals surface area contributed by atoms with Gasteiger partial charge in [-0.3, -0.25) is 20.2 Å². The smallest absolute Gasteiger partial charge is 0.232 e. The molecule has 2 aliphatic rings. The fourth-order valence-electron chi connectivity index (χ4n) is 4.80. The van der Waals surface area contributed by atoms with Gasteiger partial charge in [-0.15, -0.1) is 0 Å². The quantitative estimate of drug-likeness (QED) is 0.437. The van der Waals surface area contributed by atoms with Crippen molar-refractivity contribution in [2.24, 2.45) is 0 Å². The lowest BCUT2D eigenvalue weighted by molar-refractivity contribution is 0.106. The van der Waals surface area contributed by atoms with Crippen LogP contribution in [0.5, 0.6) is 5.88 Å². The van der Waals surface area contributed by atoms with Crippen molar-refractivity contribution in [2.75, 3.05) is 20.2 Å². The van der Waals surface area contributed by atoms with Gasteiger partial charge in [0.2, 0.25) is 11.7 Å². The van der Waals surface area contributed by atoms with E-state index in [1.54, 1.807) is 31.2 Å². The zero-order chi connectivity index (χ0) is 25.6. The van der Waals surface area contributed by atoms with E-state index in [1.807, 2.05) is 6.07 Å². The molecule has 0 bridgehead atoms. The van der Waals surface area contributed by atoms with Crippen LogP contribution in [-0.4, -0.2) is 46.6 Å². The average molecular weight is 494 g/mol. The lowest BCUT2D eigenvalue weighted by Crippen LogP contribution is -2.20. The van der Waals surface area contributed by atoms with Gasteiger partial charge in [-0.1, -0.05) is 42.0 Å². The summed E-state index contributed by atoms with van der Waals surface area (Å²) in [4.78, 5) is 26.4. The zero-order valence-corrected chi connectivity index (χ0v) is 21.1. The molecule has 3 heterocycles. The Morgan fingerprint density at radius 3 is 2.51 bits per heavy atom. The van der Waals surface area contributed by atoms with Crippen molar-refractivity contribution < 1.29 is 9.53 Å². The number of benzene rings is 1. The first-order chi connectivity index (χ1) is 18.1. The van der Waals surface area contributed by atoms with E-state index in [2.05, 4.69) is 45.6 Å². The van der Waals surface area contributed by atoms with Crippen LogP contribution in [0.25, 0.3) is 17.5 Å². The fourth-order valence-corrected chi connectivity index (χ4v) is 4.80. The molecule has 37 heavy (non-hydrogen) atoms. The number of hydrogen-bond acceptors (Lipinski definition) is 7. The number of aryl methyl sites for hydroxylation is 3. The number of ether oxygens (including phenoxy) is 1. The number of fused-ring (bicyclic) bond motifs is 1. The summed E-state index contributed by atoms with van der Waals surface area (Å²) >= 11 is 0. The van der Waals surface area contributed by atoms with Crippen LogP contribution in [0.15, 0.2) is 60.5 Å². The molecule has 7 heteroatoms. The highest BCUT2D eigenvalue weighted by Crippen LogP contribution is 2.27. The molecule has 0 radical (unpaired) electrons. The van der Waals surface area contributed by atoms with E-state index in [9.17, 15) is 4.79 Å². The number of methoxy groups -OCH3 is 1. The molecule has 188 valence electrons. The Hall–Kier alpha value is -3.97. The molecule has 2 aromatic heterocycles. The molecular weight excluding hydrogens is 462 g/mol. The van der Waals surface area contributed by atoms with Gasteiger partial charge in [-0.25, -0.2) is 4.98 Å². The van der Waals surface area contributed by atoms with Gasteiger partial charge >= 0.3 is 0 Å². The van der Waals surface area contributed by atoms with Gasteiger partial charge in [0.05, 0.1) is 36.5 Å². The lowest BCUT2D eigenvalue weighted by Gasteiger charge is -2.16. The van der Waals surface area contributed by atoms with E-state index >= 15 is 0 Å². The van der Waals surface area contributed by atoms with Gasteiger partial charge in [0.15, 0.2) is 0 Å². The molecule has 0 saturated carbocycles. The number of nitrogens with zero attached hydrogens (tertiary/aromatic N) is 3. The van der Waals surface area contributed by atoms with Crippen molar-refractivity contribution in [2.45, 2.75) is 38.5 Å². The summed E-state index contributed by atoms with van der Waals surface area (Å²) in [6.07, 6.45) is 14.7. The van der Waals surface area contributed by atoms with Crippen LogP contribution in [0.4, 0.5) is 0 Å². The average Bonchev–Trinajstić information content (AvgIpc) is 3.22. The molecule has 1 aromatic carbocycles. The molecule has 2 N–H and O–H groups in total. The third kappa shape index (κ3) is 5.89. The largest absolute Gasteiger partial charge is 0.480 e. The first-order valence-electron chi connectivity index (χ1n) is 12.8. The number of carbonyl (C=O) groups excluding carboxylic acids is 1. The minimum Gasteiger partial charge on any atom is -0.480 e. The minimum absolute atomic E-state index is 0.0200. The zero-order valence-electron chi connectivity index (χ0n) is 21.1. The molecule has 0 unspecified atom stereocenters. The van der Waals surface area contributed by atoms with Gasteiger partial charge in [-0.05, 0) is 80.4 Å². The molecule has 0 spiro atoms. The molecule has 3 aromatic rings.